The topological polar surface area (TPSA) is 87.4 Å². The molecule has 0 saturated heterocycles. The zero-order chi connectivity index (χ0) is 18.0. The number of rotatable bonds is 5. The van der Waals surface area contributed by atoms with Gasteiger partial charge in [-0.05, 0) is 19.3 Å². The van der Waals surface area contributed by atoms with Crippen LogP contribution in [0.4, 0.5) is 0 Å². The van der Waals surface area contributed by atoms with Gasteiger partial charge in [-0.25, -0.2) is 4.99 Å². The quantitative estimate of drug-likeness (QED) is 0.379. The molecule has 146 valence electrons. The highest BCUT2D eigenvalue weighted by molar-refractivity contribution is 14.0. The number of nitrogens with one attached hydrogen (secondary N) is 2. The Hall–Kier alpha value is -1.39. The van der Waals surface area contributed by atoms with Gasteiger partial charge in [0, 0.05) is 45.1 Å². The summed E-state index contributed by atoms with van der Waals surface area (Å²) in [6.45, 7) is 5.28. The highest BCUT2D eigenvalue weighted by atomic mass is 127. The van der Waals surface area contributed by atoms with Crippen LogP contribution in [-0.4, -0.2) is 64.3 Å². The van der Waals surface area contributed by atoms with Crippen LogP contribution in [0.15, 0.2) is 4.99 Å². The predicted molar refractivity (Wildman–Crippen MR) is 112 cm³/mol. The van der Waals surface area contributed by atoms with Gasteiger partial charge >= 0.3 is 0 Å². The van der Waals surface area contributed by atoms with E-state index >= 15 is 0 Å². The summed E-state index contributed by atoms with van der Waals surface area (Å²) in [6, 6.07) is 0.751. The molecule has 1 atom stereocenters. The maximum Gasteiger partial charge on any atom is 0.243 e. The zero-order valence-electron chi connectivity index (χ0n) is 16.0. The molecule has 2 aliphatic rings. The minimum atomic E-state index is 0. The van der Waals surface area contributed by atoms with Crippen molar-refractivity contribution in [2.24, 2.45) is 4.99 Å². The monoisotopic (exact) mass is 475 g/mol. The maximum atomic E-state index is 11.8. The second kappa shape index (κ2) is 9.01. The van der Waals surface area contributed by atoms with E-state index in [1.165, 1.54) is 12.8 Å². The van der Waals surface area contributed by atoms with Gasteiger partial charge in [-0.15, -0.1) is 34.2 Å². The molecule has 1 unspecified atom stereocenters. The van der Waals surface area contributed by atoms with E-state index in [1.54, 1.807) is 19.0 Å². The Morgan fingerprint density at radius 3 is 2.54 bits per heavy atom. The molecule has 1 amide bonds. The zero-order valence-corrected chi connectivity index (χ0v) is 18.4. The second-order valence-electron chi connectivity index (χ2n) is 7.49. The van der Waals surface area contributed by atoms with Gasteiger partial charge < -0.3 is 20.1 Å². The minimum Gasteiger partial charge on any atom is -0.354 e. The average Bonchev–Trinajstić information content (AvgIpc) is 3.27. The second-order valence-corrected chi connectivity index (χ2v) is 7.49. The average molecular weight is 475 g/mol. The van der Waals surface area contributed by atoms with Gasteiger partial charge in [-0.3, -0.25) is 4.79 Å². The smallest absolute Gasteiger partial charge is 0.243 e. The third kappa shape index (κ3) is 5.31. The number of aryl methyl sites for hydroxylation is 1. The van der Waals surface area contributed by atoms with Crippen LogP contribution >= 0.6 is 24.0 Å². The molecule has 0 aromatic carbocycles. The fourth-order valence-electron chi connectivity index (χ4n) is 2.93. The van der Waals surface area contributed by atoms with E-state index in [0.29, 0.717) is 12.0 Å². The van der Waals surface area contributed by atoms with Crippen LogP contribution < -0.4 is 10.6 Å². The molecule has 0 spiro atoms. The van der Waals surface area contributed by atoms with E-state index in [-0.39, 0.29) is 42.5 Å². The van der Waals surface area contributed by atoms with Gasteiger partial charge in [0.25, 0.3) is 0 Å². The number of likely N-dealkylation sites (N-methyl/N-ethyl adjacent to an activating group) is 1. The van der Waals surface area contributed by atoms with Crippen molar-refractivity contribution in [1.29, 1.82) is 0 Å². The van der Waals surface area contributed by atoms with E-state index in [2.05, 4.69) is 44.2 Å². The van der Waals surface area contributed by atoms with Crippen LogP contribution in [0.2, 0.25) is 0 Å². The summed E-state index contributed by atoms with van der Waals surface area (Å²) in [5, 5.41) is 15.6. The van der Waals surface area contributed by atoms with Crippen molar-refractivity contribution in [2.45, 2.75) is 64.1 Å². The summed E-state index contributed by atoms with van der Waals surface area (Å²) in [7, 11) is 3.50. The molecule has 9 heteroatoms. The van der Waals surface area contributed by atoms with Gasteiger partial charge in [-0.2, -0.15) is 0 Å². The Bertz CT molecular complexity index is 652. The number of carbonyl (C=O) groups is 1. The van der Waals surface area contributed by atoms with Crippen molar-refractivity contribution in [3.63, 3.8) is 0 Å². The number of hydrogen-bond acceptors (Lipinski definition) is 4. The highest BCUT2D eigenvalue weighted by Crippen LogP contribution is 2.21. The largest absolute Gasteiger partial charge is 0.354 e. The predicted octanol–water partition coefficient (Wildman–Crippen LogP) is 1.12. The number of nitrogens with zero attached hydrogens (tertiary/aromatic N) is 5. The summed E-state index contributed by atoms with van der Waals surface area (Å²) in [5.74, 6) is 3.21. The Morgan fingerprint density at radius 1 is 1.23 bits per heavy atom. The Kier molecular flexibility index (Phi) is 7.24. The molecule has 1 aliphatic heterocycles. The lowest BCUT2D eigenvalue weighted by molar-refractivity contribution is -0.127. The number of aliphatic imine (C=N–C) groups is 1. The lowest BCUT2D eigenvalue weighted by atomic mass is 10.1. The molecule has 1 aliphatic carbocycles. The maximum absolute atomic E-state index is 11.8. The van der Waals surface area contributed by atoms with Crippen molar-refractivity contribution in [2.75, 3.05) is 20.6 Å². The van der Waals surface area contributed by atoms with Crippen LogP contribution in [0.3, 0.4) is 0 Å². The molecule has 3 rings (SSSR count). The first-order chi connectivity index (χ1) is 11.9. The van der Waals surface area contributed by atoms with E-state index < -0.39 is 0 Å². The van der Waals surface area contributed by atoms with Crippen molar-refractivity contribution in [3.05, 3.63) is 11.6 Å². The number of halogens is 1. The first-order valence-corrected chi connectivity index (χ1v) is 9.13. The first kappa shape index (κ1) is 20.9. The number of fused-ring (bicyclic) bond motifs is 1. The minimum absolute atomic E-state index is 0. The number of carbonyl (C=O) groups excluding carboxylic acids is 1. The third-order valence-electron chi connectivity index (χ3n) is 4.62. The third-order valence-corrected chi connectivity index (χ3v) is 4.62. The van der Waals surface area contributed by atoms with Gasteiger partial charge in [-0.1, -0.05) is 13.8 Å². The van der Waals surface area contributed by atoms with Crippen molar-refractivity contribution >= 4 is 35.8 Å². The Labute approximate surface area is 172 Å². The lowest BCUT2D eigenvalue weighted by Crippen LogP contribution is -2.48. The summed E-state index contributed by atoms with van der Waals surface area (Å²) < 4.78 is 2.23. The summed E-state index contributed by atoms with van der Waals surface area (Å²) in [4.78, 5) is 17.9. The van der Waals surface area contributed by atoms with Crippen LogP contribution in [0, 0.1) is 0 Å². The number of hydrogen-bond donors (Lipinski definition) is 2. The normalized spacial score (nSPS) is 19.6. The number of aromatic nitrogens is 3. The van der Waals surface area contributed by atoms with Gasteiger partial charge in [0.15, 0.2) is 5.96 Å². The molecular formula is C17H30IN7O. The Morgan fingerprint density at radius 2 is 1.92 bits per heavy atom. The van der Waals surface area contributed by atoms with Crippen LogP contribution in [0.1, 0.15) is 50.7 Å². The molecule has 0 bridgehead atoms. The Balaban J connectivity index is 0.00000243. The highest BCUT2D eigenvalue weighted by Gasteiger charge is 2.27. The van der Waals surface area contributed by atoms with Crippen molar-refractivity contribution in [1.82, 2.24) is 30.3 Å². The standard InChI is InChI=1S/C17H29N7O.HI/c1-11(2)16-22-21-14-8-7-13(10-24(14)16)20-17(19-12-5-6-12)18-9-15(25)23(3)4;/h11-13H,5-10H2,1-4H3,(H2,18,19,20);1H. The molecule has 8 nitrogen and oxygen atoms in total. The van der Waals surface area contributed by atoms with Crippen LogP contribution in [0.25, 0.3) is 0 Å². The number of amides is 1. The lowest BCUT2D eigenvalue weighted by Gasteiger charge is -2.27. The van der Waals surface area contributed by atoms with E-state index in [1.807, 2.05) is 0 Å². The summed E-state index contributed by atoms with van der Waals surface area (Å²) in [5.41, 5.74) is 0. The molecule has 2 heterocycles. The first-order valence-electron chi connectivity index (χ1n) is 9.13. The van der Waals surface area contributed by atoms with Crippen LogP contribution in [-0.2, 0) is 17.8 Å². The van der Waals surface area contributed by atoms with Crippen LogP contribution in [0.5, 0.6) is 0 Å². The van der Waals surface area contributed by atoms with E-state index in [0.717, 1.165) is 37.0 Å². The summed E-state index contributed by atoms with van der Waals surface area (Å²) in [6.07, 6.45) is 4.23. The molecule has 26 heavy (non-hydrogen) atoms. The summed E-state index contributed by atoms with van der Waals surface area (Å²) >= 11 is 0. The molecule has 0 radical (unpaired) electrons. The molecule has 2 N–H and O–H groups in total. The molecule has 1 saturated carbocycles. The molecule has 1 aromatic rings. The van der Waals surface area contributed by atoms with Gasteiger partial charge in [0.1, 0.15) is 18.2 Å². The van der Waals surface area contributed by atoms with Gasteiger partial charge in [0.2, 0.25) is 5.91 Å². The molecule has 1 fully saturated rings. The van der Waals surface area contributed by atoms with E-state index in [9.17, 15) is 4.79 Å². The molecule has 1 aromatic heterocycles. The van der Waals surface area contributed by atoms with Crippen molar-refractivity contribution < 1.29 is 4.79 Å². The SMILES string of the molecule is CC(C)c1nnc2n1CC(NC(=NCC(=O)N(C)C)NC1CC1)CC2.I. The van der Waals surface area contributed by atoms with Gasteiger partial charge in [0.05, 0.1) is 0 Å². The van der Waals surface area contributed by atoms with E-state index in [4.69, 9.17) is 0 Å². The fourth-order valence-corrected chi connectivity index (χ4v) is 2.93. The molecular weight excluding hydrogens is 445 g/mol. The fraction of sp³-hybridized carbons (Fsp3) is 0.765. The number of guanidine groups is 1. The van der Waals surface area contributed by atoms with Crippen molar-refractivity contribution in [3.8, 4) is 0 Å².